The second-order valence-corrected chi connectivity index (χ2v) is 11.7. The number of nitrogens with zero attached hydrogens (tertiary/aromatic N) is 2. The summed E-state index contributed by atoms with van der Waals surface area (Å²) in [7, 11) is -3.88. The van der Waals surface area contributed by atoms with Gasteiger partial charge in [0, 0.05) is 13.1 Å². The Morgan fingerprint density at radius 1 is 0.946 bits per heavy atom. The summed E-state index contributed by atoms with van der Waals surface area (Å²) < 4.78 is 34.4. The Labute approximate surface area is 219 Å². The van der Waals surface area contributed by atoms with Crippen molar-refractivity contribution in [2.45, 2.75) is 50.3 Å². The van der Waals surface area contributed by atoms with Crippen LogP contribution in [0.25, 0.3) is 0 Å². The van der Waals surface area contributed by atoms with E-state index in [1.807, 2.05) is 25.1 Å². The van der Waals surface area contributed by atoms with Crippen molar-refractivity contribution in [1.82, 2.24) is 10.2 Å². The number of carbonyl (C=O) groups excluding carboxylic acids is 1. The van der Waals surface area contributed by atoms with Crippen molar-refractivity contribution in [2.75, 3.05) is 23.9 Å². The molecule has 0 aromatic heterocycles. The SMILES string of the molecule is Cc1ccc2c(c1)N(S(=O)(=O)c1ccccc1)C[C@H](C(=O)NCc1cccc(CN3CCCCC3)c1)O2. The zero-order valence-corrected chi connectivity index (χ0v) is 21.9. The maximum absolute atomic E-state index is 13.5. The highest BCUT2D eigenvalue weighted by molar-refractivity contribution is 7.92. The molecule has 2 aliphatic heterocycles. The highest BCUT2D eigenvalue weighted by Crippen LogP contribution is 2.37. The second-order valence-electron chi connectivity index (χ2n) is 9.80. The van der Waals surface area contributed by atoms with Gasteiger partial charge in [0.2, 0.25) is 0 Å². The number of rotatable bonds is 7. The van der Waals surface area contributed by atoms with Gasteiger partial charge in [0.15, 0.2) is 6.10 Å². The quantitative estimate of drug-likeness (QED) is 0.505. The van der Waals surface area contributed by atoms with Crippen molar-refractivity contribution in [2.24, 2.45) is 0 Å². The van der Waals surface area contributed by atoms with E-state index < -0.39 is 16.1 Å². The van der Waals surface area contributed by atoms with Crippen LogP contribution in [0.3, 0.4) is 0 Å². The Morgan fingerprint density at radius 3 is 2.49 bits per heavy atom. The van der Waals surface area contributed by atoms with Gasteiger partial charge in [-0.2, -0.15) is 0 Å². The molecule has 2 heterocycles. The van der Waals surface area contributed by atoms with Gasteiger partial charge in [-0.05, 0) is 73.8 Å². The van der Waals surface area contributed by atoms with Gasteiger partial charge in [0.1, 0.15) is 5.75 Å². The van der Waals surface area contributed by atoms with Gasteiger partial charge in [-0.3, -0.25) is 14.0 Å². The fraction of sp³-hybridized carbons (Fsp3) is 0.345. The number of aryl methyl sites for hydroxylation is 1. The van der Waals surface area contributed by atoms with Crippen LogP contribution < -0.4 is 14.4 Å². The molecule has 3 aromatic carbocycles. The molecule has 8 heteroatoms. The molecule has 5 rings (SSSR count). The molecule has 0 bridgehead atoms. The molecule has 7 nitrogen and oxygen atoms in total. The van der Waals surface area contributed by atoms with Gasteiger partial charge in [-0.1, -0.05) is 55.0 Å². The molecule has 1 atom stereocenters. The number of piperidine rings is 1. The number of amides is 1. The monoisotopic (exact) mass is 519 g/mol. The minimum absolute atomic E-state index is 0.103. The molecule has 0 unspecified atom stereocenters. The molecule has 1 amide bonds. The average molecular weight is 520 g/mol. The first-order valence-corrected chi connectivity index (χ1v) is 14.3. The number of anilines is 1. The normalized spacial score (nSPS) is 18.1. The summed E-state index contributed by atoms with van der Waals surface area (Å²) in [5, 5.41) is 2.95. The molecule has 2 aliphatic rings. The van der Waals surface area contributed by atoms with Crippen LogP contribution in [0.2, 0.25) is 0 Å². The zero-order chi connectivity index (χ0) is 25.8. The summed E-state index contributed by atoms with van der Waals surface area (Å²) in [6.07, 6.45) is 2.83. The number of nitrogens with one attached hydrogen (secondary N) is 1. The van der Waals surface area contributed by atoms with E-state index in [1.165, 1.54) is 29.1 Å². The molecule has 3 aromatic rings. The summed E-state index contributed by atoms with van der Waals surface area (Å²) in [5.74, 6) is 0.0287. The average Bonchev–Trinajstić information content (AvgIpc) is 2.92. The Hall–Kier alpha value is -3.36. The lowest BCUT2D eigenvalue weighted by atomic mass is 10.1. The zero-order valence-electron chi connectivity index (χ0n) is 21.1. The number of likely N-dealkylation sites (tertiary alicyclic amines) is 1. The Bertz CT molecular complexity index is 1350. The van der Waals surface area contributed by atoms with E-state index in [4.69, 9.17) is 4.74 Å². The first kappa shape index (κ1) is 25.3. The van der Waals surface area contributed by atoms with Crippen LogP contribution in [0.15, 0.2) is 77.7 Å². The molecule has 194 valence electrons. The van der Waals surface area contributed by atoms with E-state index in [0.29, 0.717) is 18.0 Å². The Morgan fingerprint density at radius 2 is 1.70 bits per heavy atom. The number of hydrogen-bond acceptors (Lipinski definition) is 5. The lowest BCUT2D eigenvalue weighted by Crippen LogP contribution is -2.50. The van der Waals surface area contributed by atoms with Crippen LogP contribution in [0.4, 0.5) is 5.69 Å². The van der Waals surface area contributed by atoms with Crippen LogP contribution in [0.1, 0.15) is 36.0 Å². The molecule has 0 radical (unpaired) electrons. The minimum Gasteiger partial charge on any atom is -0.476 e. The van der Waals surface area contributed by atoms with Crippen molar-refractivity contribution in [3.05, 3.63) is 89.5 Å². The lowest BCUT2D eigenvalue weighted by molar-refractivity contribution is -0.127. The van der Waals surface area contributed by atoms with Crippen LogP contribution in [-0.4, -0.2) is 45.0 Å². The third kappa shape index (κ3) is 5.81. The third-order valence-corrected chi connectivity index (χ3v) is 8.71. The van der Waals surface area contributed by atoms with Gasteiger partial charge in [0.25, 0.3) is 15.9 Å². The molecule has 0 spiro atoms. The van der Waals surface area contributed by atoms with Gasteiger partial charge in [-0.25, -0.2) is 8.42 Å². The molecule has 1 fully saturated rings. The summed E-state index contributed by atoms with van der Waals surface area (Å²) >= 11 is 0. The van der Waals surface area contributed by atoms with E-state index >= 15 is 0 Å². The lowest BCUT2D eigenvalue weighted by Gasteiger charge is -2.35. The van der Waals surface area contributed by atoms with Crippen LogP contribution >= 0.6 is 0 Å². The Balaban J connectivity index is 1.30. The molecule has 0 saturated carbocycles. The molecular weight excluding hydrogens is 486 g/mol. The number of benzene rings is 3. The predicted octanol–water partition coefficient (Wildman–Crippen LogP) is 4.25. The molecule has 1 saturated heterocycles. The summed E-state index contributed by atoms with van der Waals surface area (Å²) in [4.78, 5) is 15.8. The maximum Gasteiger partial charge on any atom is 0.264 e. The van der Waals surface area contributed by atoms with E-state index in [9.17, 15) is 13.2 Å². The number of fused-ring (bicyclic) bond motifs is 1. The van der Waals surface area contributed by atoms with Gasteiger partial charge >= 0.3 is 0 Å². The van der Waals surface area contributed by atoms with E-state index in [2.05, 4.69) is 22.3 Å². The number of hydrogen-bond donors (Lipinski definition) is 1. The summed E-state index contributed by atoms with van der Waals surface area (Å²) in [6, 6.07) is 21.9. The van der Waals surface area contributed by atoms with Crippen molar-refractivity contribution in [3.8, 4) is 5.75 Å². The van der Waals surface area contributed by atoms with Crippen molar-refractivity contribution < 1.29 is 17.9 Å². The molecule has 37 heavy (non-hydrogen) atoms. The van der Waals surface area contributed by atoms with Gasteiger partial charge in [-0.15, -0.1) is 0 Å². The molecule has 1 N–H and O–H groups in total. The van der Waals surface area contributed by atoms with Gasteiger partial charge in [0.05, 0.1) is 17.1 Å². The molecular formula is C29H33N3O4S. The van der Waals surface area contributed by atoms with Crippen LogP contribution in [-0.2, 0) is 27.9 Å². The van der Waals surface area contributed by atoms with Crippen molar-refractivity contribution in [1.29, 1.82) is 0 Å². The maximum atomic E-state index is 13.5. The van der Waals surface area contributed by atoms with Crippen molar-refractivity contribution in [3.63, 3.8) is 0 Å². The predicted molar refractivity (Wildman–Crippen MR) is 144 cm³/mol. The molecule has 0 aliphatic carbocycles. The van der Waals surface area contributed by atoms with Crippen LogP contribution in [0, 0.1) is 6.92 Å². The first-order valence-electron chi connectivity index (χ1n) is 12.8. The minimum atomic E-state index is -3.88. The number of sulfonamides is 1. The highest BCUT2D eigenvalue weighted by Gasteiger charge is 2.37. The third-order valence-electron chi connectivity index (χ3n) is 6.92. The summed E-state index contributed by atoms with van der Waals surface area (Å²) in [5.41, 5.74) is 3.58. The van der Waals surface area contributed by atoms with Crippen LogP contribution in [0.5, 0.6) is 5.75 Å². The Kier molecular flexibility index (Phi) is 7.48. The standard InChI is InChI=1S/C29H33N3O4S/c1-22-13-14-27-26(17-22)32(37(34,35)25-11-4-2-5-12-25)21-28(36-27)29(33)30-19-23-9-8-10-24(18-23)20-31-15-6-3-7-16-31/h2,4-5,8-14,17-18,28H,3,6-7,15-16,19-21H2,1H3,(H,30,33)/t28-/m1/s1. The van der Waals surface area contributed by atoms with E-state index in [1.54, 1.807) is 42.5 Å². The largest absolute Gasteiger partial charge is 0.476 e. The number of ether oxygens (including phenoxy) is 1. The fourth-order valence-corrected chi connectivity index (χ4v) is 6.45. The fourth-order valence-electron chi connectivity index (χ4n) is 4.96. The second kappa shape index (κ2) is 10.9. The highest BCUT2D eigenvalue weighted by atomic mass is 32.2. The van der Waals surface area contributed by atoms with E-state index in [0.717, 1.165) is 30.8 Å². The smallest absolute Gasteiger partial charge is 0.264 e. The number of carbonyl (C=O) groups is 1. The van der Waals surface area contributed by atoms with E-state index in [-0.39, 0.29) is 17.3 Å². The van der Waals surface area contributed by atoms with Gasteiger partial charge < -0.3 is 10.1 Å². The van der Waals surface area contributed by atoms with Crippen molar-refractivity contribution >= 4 is 21.6 Å². The topological polar surface area (TPSA) is 79.0 Å². The summed E-state index contributed by atoms with van der Waals surface area (Å²) in [6.45, 7) is 5.31. The first-order chi connectivity index (χ1) is 17.9.